The fourth-order valence-electron chi connectivity index (χ4n) is 3.09. The Bertz CT molecular complexity index is 839. The monoisotopic (exact) mass is 347 g/mol. The third-order valence-corrected chi connectivity index (χ3v) is 6.08. The minimum Gasteiger partial charge on any atom is -0.598 e. The van der Waals surface area contributed by atoms with E-state index in [1.54, 1.807) is 4.57 Å². The summed E-state index contributed by atoms with van der Waals surface area (Å²) in [6, 6.07) is 3.80. The lowest BCUT2D eigenvalue weighted by Crippen LogP contribution is -2.40. The lowest BCUT2D eigenvalue weighted by atomic mass is 10.0. The molecule has 0 bridgehead atoms. The number of fused-ring (bicyclic) bond motifs is 2. The van der Waals surface area contributed by atoms with Crippen molar-refractivity contribution < 1.29 is 4.55 Å². The summed E-state index contributed by atoms with van der Waals surface area (Å²) in [6.07, 6.45) is 1.81. The molecule has 3 rings (SSSR count). The summed E-state index contributed by atoms with van der Waals surface area (Å²) in [5.74, 6) is 0.863. The molecule has 0 saturated heterocycles. The minimum absolute atomic E-state index is 0.0431. The van der Waals surface area contributed by atoms with Crippen LogP contribution in [0.5, 0.6) is 0 Å². The van der Waals surface area contributed by atoms with Gasteiger partial charge in [0.2, 0.25) is 0 Å². The number of rotatable bonds is 3. The van der Waals surface area contributed by atoms with Gasteiger partial charge in [0.05, 0.1) is 16.9 Å². The van der Waals surface area contributed by atoms with Crippen molar-refractivity contribution in [2.75, 3.05) is 0 Å². The van der Waals surface area contributed by atoms with Gasteiger partial charge in [-0.15, -0.1) is 4.72 Å². The molecule has 1 N–H and O–H groups in total. The molecule has 0 saturated carbocycles. The molecule has 2 heterocycles. The summed E-state index contributed by atoms with van der Waals surface area (Å²) >= 11 is -1.18. The van der Waals surface area contributed by atoms with Crippen LogP contribution in [0.4, 0.5) is 0 Å². The predicted molar refractivity (Wildman–Crippen MR) is 98.5 cm³/mol. The molecule has 24 heavy (non-hydrogen) atoms. The fourth-order valence-corrected chi connectivity index (χ4v) is 3.90. The standard InChI is InChI=1S/C18H25N3O2S/c1-11-9-13(12(2)20-24(23)18(3,4)5)16-14(10-11)17(22)21-8-6-7-15(21)19-16/h9-10,12,20H,6-8H2,1-5H3/t12-,24?/m1/s1. The number of aromatic nitrogens is 2. The lowest BCUT2D eigenvalue weighted by Gasteiger charge is -2.27. The highest BCUT2D eigenvalue weighted by atomic mass is 32.2. The van der Waals surface area contributed by atoms with Crippen LogP contribution in [0.2, 0.25) is 0 Å². The van der Waals surface area contributed by atoms with Crippen LogP contribution in [0, 0.1) is 6.92 Å². The second-order valence-electron chi connectivity index (χ2n) is 7.56. The quantitative estimate of drug-likeness (QED) is 0.867. The molecular weight excluding hydrogens is 322 g/mol. The third-order valence-electron chi connectivity index (χ3n) is 4.40. The molecule has 2 atom stereocenters. The summed E-state index contributed by atoms with van der Waals surface area (Å²) in [7, 11) is 0. The van der Waals surface area contributed by atoms with E-state index in [-0.39, 0.29) is 16.3 Å². The van der Waals surface area contributed by atoms with Gasteiger partial charge in [-0.25, -0.2) is 4.98 Å². The molecule has 0 fully saturated rings. The van der Waals surface area contributed by atoms with Crippen molar-refractivity contribution in [2.45, 2.75) is 64.8 Å². The second kappa shape index (κ2) is 6.17. The van der Waals surface area contributed by atoms with Crippen LogP contribution >= 0.6 is 0 Å². The van der Waals surface area contributed by atoms with Crippen LogP contribution in [0.25, 0.3) is 10.9 Å². The Labute approximate surface area is 145 Å². The average Bonchev–Trinajstić information content (AvgIpc) is 2.95. The van der Waals surface area contributed by atoms with E-state index in [0.717, 1.165) is 41.9 Å². The number of hydrogen-bond acceptors (Lipinski definition) is 4. The second-order valence-corrected chi connectivity index (χ2v) is 9.56. The Morgan fingerprint density at radius 1 is 1.38 bits per heavy atom. The molecule has 0 spiro atoms. The van der Waals surface area contributed by atoms with Crippen LogP contribution in [-0.4, -0.2) is 18.9 Å². The maximum atomic E-state index is 12.8. The zero-order valence-corrected chi connectivity index (χ0v) is 15.8. The average molecular weight is 347 g/mol. The normalized spacial score (nSPS) is 17.1. The van der Waals surface area contributed by atoms with E-state index < -0.39 is 11.4 Å². The third kappa shape index (κ3) is 3.10. The van der Waals surface area contributed by atoms with Crippen LogP contribution in [-0.2, 0) is 24.3 Å². The Morgan fingerprint density at radius 3 is 2.75 bits per heavy atom. The zero-order chi connectivity index (χ0) is 17.6. The number of nitrogens with zero attached hydrogens (tertiary/aromatic N) is 2. The molecule has 1 aromatic heterocycles. The largest absolute Gasteiger partial charge is 0.598 e. The van der Waals surface area contributed by atoms with Crippen LogP contribution in [0.15, 0.2) is 16.9 Å². The van der Waals surface area contributed by atoms with Crippen molar-refractivity contribution in [3.63, 3.8) is 0 Å². The topological polar surface area (TPSA) is 70.0 Å². The van der Waals surface area contributed by atoms with Gasteiger partial charge >= 0.3 is 0 Å². The van der Waals surface area contributed by atoms with Crippen molar-refractivity contribution in [1.29, 1.82) is 0 Å². The lowest BCUT2D eigenvalue weighted by molar-refractivity contribution is 0.531. The molecule has 0 aliphatic carbocycles. The maximum absolute atomic E-state index is 12.8. The summed E-state index contributed by atoms with van der Waals surface area (Å²) in [4.78, 5) is 17.5. The first kappa shape index (κ1) is 17.5. The first-order valence-corrected chi connectivity index (χ1v) is 9.55. The Kier molecular flexibility index (Phi) is 4.49. The van der Waals surface area contributed by atoms with Gasteiger partial charge in [-0.3, -0.25) is 9.36 Å². The van der Waals surface area contributed by atoms with Crippen molar-refractivity contribution in [3.8, 4) is 0 Å². The van der Waals surface area contributed by atoms with Gasteiger partial charge in [0.25, 0.3) is 5.56 Å². The maximum Gasteiger partial charge on any atom is 0.261 e. The molecular formula is C18H25N3O2S. The van der Waals surface area contributed by atoms with Crippen molar-refractivity contribution in [2.24, 2.45) is 0 Å². The van der Waals surface area contributed by atoms with E-state index in [9.17, 15) is 9.35 Å². The fraction of sp³-hybridized carbons (Fsp3) is 0.556. The van der Waals surface area contributed by atoms with Gasteiger partial charge in [0.1, 0.15) is 10.6 Å². The highest BCUT2D eigenvalue weighted by Gasteiger charge is 2.29. The van der Waals surface area contributed by atoms with Gasteiger partial charge in [-0.05, 0) is 52.7 Å². The summed E-state index contributed by atoms with van der Waals surface area (Å²) in [5.41, 5.74) is 2.74. The highest BCUT2D eigenvalue weighted by molar-refractivity contribution is 7.90. The summed E-state index contributed by atoms with van der Waals surface area (Å²) in [6.45, 7) is 10.5. The van der Waals surface area contributed by atoms with Gasteiger partial charge in [0.15, 0.2) is 0 Å². The molecule has 1 aromatic carbocycles. The van der Waals surface area contributed by atoms with E-state index in [1.807, 2.05) is 46.8 Å². The molecule has 1 aliphatic rings. The van der Waals surface area contributed by atoms with Gasteiger partial charge < -0.3 is 4.55 Å². The van der Waals surface area contributed by atoms with Crippen molar-refractivity contribution in [3.05, 3.63) is 39.4 Å². The van der Waals surface area contributed by atoms with E-state index >= 15 is 0 Å². The van der Waals surface area contributed by atoms with Crippen LogP contribution < -0.4 is 10.3 Å². The molecule has 1 unspecified atom stereocenters. The Balaban J connectivity index is 2.11. The van der Waals surface area contributed by atoms with E-state index in [4.69, 9.17) is 4.98 Å². The van der Waals surface area contributed by atoms with Crippen LogP contribution in [0.3, 0.4) is 0 Å². The number of nitrogens with one attached hydrogen (secondary N) is 1. The molecule has 1 aliphatic heterocycles. The smallest absolute Gasteiger partial charge is 0.261 e. The van der Waals surface area contributed by atoms with Gasteiger partial charge in [-0.1, -0.05) is 6.07 Å². The van der Waals surface area contributed by atoms with E-state index in [2.05, 4.69) is 4.72 Å². The predicted octanol–water partition coefficient (Wildman–Crippen LogP) is 2.76. The highest BCUT2D eigenvalue weighted by Crippen LogP contribution is 2.26. The van der Waals surface area contributed by atoms with E-state index in [0.29, 0.717) is 5.39 Å². The molecule has 6 heteroatoms. The van der Waals surface area contributed by atoms with Crippen molar-refractivity contribution >= 4 is 22.3 Å². The summed E-state index contributed by atoms with van der Waals surface area (Å²) < 4.78 is 17.0. The minimum atomic E-state index is -1.18. The summed E-state index contributed by atoms with van der Waals surface area (Å²) in [5, 5.41) is 0.658. The molecule has 5 nitrogen and oxygen atoms in total. The Hall–Kier alpha value is -1.37. The SMILES string of the molecule is Cc1cc([C@@H](C)N[S+]([O-])C(C)(C)C)c2nc3n(c(=O)c2c1)CCC3. The molecule has 2 aromatic rings. The number of hydrogen-bond donors (Lipinski definition) is 1. The number of benzene rings is 1. The first-order valence-electron chi connectivity index (χ1n) is 8.40. The van der Waals surface area contributed by atoms with Gasteiger partial charge in [-0.2, -0.15) is 0 Å². The zero-order valence-electron chi connectivity index (χ0n) is 15.0. The number of aryl methyl sites for hydroxylation is 2. The van der Waals surface area contributed by atoms with Crippen molar-refractivity contribution in [1.82, 2.24) is 14.3 Å². The molecule has 130 valence electrons. The van der Waals surface area contributed by atoms with Gasteiger partial charge in [0, 0.05) is 29.9 Å². The molecule has 0 amide bonds. The Morgan fingerprint density at radius 2 is 2.08 bits per heavy atom. The van der Waals surface area contributed by atoms with Crippen LogP contribution in [0.1, 0.15) is 57.1 Å². The molecule has 0 radical (unpaired) electrons. The first-order chi connectivity index (χ1) is 11.2. The van der Waals surface area contributed by atoms with E-state index in [1.165, 1.54) is 0 Å².